The molecule has 3 nitrogen and oxygen atoms in total. The summed E-state index contributed by atoms with van der Waals surface area (Å²) in [6, 6.07) is 0.122. The molecule has 2 unspecified atom stereocenters. The zero-order chi connectivity index (χ0) is 10.3. The third-order valence-electron chi connectivity index (χ3n) is 3.36. The van der Waals surface area contributed by atoms with Gasteiger partial charge in [0.15, 0.2) is 0 Å². The lowest BCUT2D eigenvalue weighted by atomic mass is 9.66. The molecule has 0 radical (unpaired) electrons. The van der Waals surface area contributed by atoms with Crippen molar-refractivity contribution in [2.24, 2.45) is 11.1 Å². The van der Waals surface area contributed by atoms with Crippen LogP contribution >= 0.6 is 0 Å². The van der Waals surface area contributed by atoms with Crippen molar-refractivity contribution in [3.05, 3.63) is 17.5 Å². The molecule has 0 saturated heterocycles. The second kappa shape index (κ2) is 3.09. The summed E-state index contributed by atoms with van der Waals surface area (Å²) in [5, 5.41) is 3.87. The number of nitrogens with two attached hydrogens (primary N) is 1. The molecule has 3 heteroatoms. The van der Waals surface area contributed by atoms with Crippen molar-refractivity contribution >= 4 is 0 Å². The van der Waals surface area contributed by atoms with Gasteiger partial charge in [-0.2, -0.15) is 0 Å². The standard InChI is InChI=1S/C11H18N2O/c1-7(12)9-10-8(6-13-14-10)4-5-11(9,2)3/h6-7,9H,4-5,12H2,1-3H3. The van der Waals surface area contributed by atoms with Gasteiger partial charge in [-0.05, 0) is 25.2 Å². The van der Waals surface area contributed by atoms with Crippen LogP contribution in [0.1, 0.15) is 44.4 Å². The van der Waals surface area contributed by atoms with Gasteiger partial charge >= 0.3 is 0 Å². The van der Waals surface area contributed by atoms with Crippen LogP contribution in [0.2, 0.25) is 0 Å². The molecule has 0 aromatic carbocycles. The first-order valence-electron chi connectivity index (χ1n) is 5.21. The molecule has 0 bridgehead atoms. The van der Waals surface area contributed by atoms with Crippen molar-refractivity contribution in [1.29, 1.82) is 0 Å². The lowest BCUT2D eigenvalue weighted by molar-refractivity contribution is 0.181. The van der Waals surface area contributed by atoms with Gasteiger partial charge in [-0.1, -0.05) is 19.0 Å². The van der Waals surface area contributed by atoms with E-state index in [0.717, 1.165) is 18.6 Å². The van der Waals surface area contributed by atoms with Crippen molar-refractivity contribution in [2.45, 2.75) is 45.6 Å². The van der Waals surface area contributed by atoms with Gasteiger partial charge in [-0.25, -0.2) is 0 Å². The summed E-state index contributed by atoms with van der Waals surface area (Å²) in [5.41, 5.74) is 7.49. The largest absolute Gasteiger partial charge is 0.361 e. The van der Waals surface area contributed by atoms with E-state index >= 15 is 0 Å². The molecule has 1 heterocycles. The summed E-state index contributed by atoms with van der Waals surface area (Å²) < 4.78 is 5.34. The van der Waals surface area contributed by atoms with E-state index in [9.17, 15) is 0 Å². The van der Waals surface area contributed by atoms with Crippen LogP contribution in [0, 0.1) is 5.41 Å². The maximum Gasteiger partial charge on any atom is 0.145 e. The first-order valence-corrected chi connectivity index (χ1v) is 5.21. The zero-order valence-electron chi connectivity index (χ0n) is 9.08. The summed E-state index contributed by atoms with van der Waals surface area (Å²) >= 11 is 0. The minimum Gasteiger partial charge on any atom is -0.361 e. The zero-order valence-corrected chi connectivity index (χ0v) is 9.08. The Hall–Kier alpha value is -0.830. The summed E-state index contributed by atoms with van der Waals surface area (Å²) in [6.45, 7) is 6.56. The molecular weight excluding hydrogens is 176 g/mol. The molecular formula is C11H18N2O. The molecule has 2 rings (SSSR count). The van der Waals surface area contributed by atoms with Gasteiger partial charge in [-0.3, -0.25) is 0 Å². The number of hydrogen-bond donors (Lipinski definition) is 1. The monoisotopic (exact) mass is 194 g/mol. The molecule has 0 aliphatic heterocycles. The lowest BCUT2D eigenvalue weighted by Crippen LogP contribution is -2.38. The number of rotatable bonds is 1. The second-order valence-electron chi connectivity index (χ2n) is 5.04. The van der Waals surface area contributed by atoms with Gasteiger partial charge in [0.05, 0.1) is 6.20 Å². The molecule has 0 fully saturated rings. The normalized spacial score (nSPS) is 27.0. The van der Waals surface area contributed by atoms with E-state index in [1.54, 1.807) is 0 Å². The second-order valence-corrected chi connectivity index (χ2v) is 5.04. The van der Waals surface area contributed by atoms with Crippen LogP contribution in [-0.2, 0) is 6.42 Å². The lowest BCUT2D eigenvalue weighted by Gasteiger charge is -2.39. The van der Waals surface area contributed by atoms with Crippen LogP contribution in [0.15, 0.2) is 10.7 Å². The fourth-order valence-corrected chi connectivity index (χ4v) is 2.63. The Labute approximate surface area is 84.7 Å². The number of aryl methyl sites for hydroxylation is 1. The Kier molecular flexibility index (Phi) is 2.14. The maximum absolute atomic E-state index is 6.03. The van der Waals surface area contributed by atoms with Crippen molar-refractivity contribution < 1.29 is 4.52 Å². The molecule has 2 atom stereocenters. The van der Waals surface area contributed by atoms with E-state index in [0.29, 0.717) is 5.92 Å². The van der Waals surface area contributed by atoms with E-state index < -0.39 is 0 Å². The van der Waals surface area contributed by atoms with Crippen LogP contribution in [0.4, 0.5) is 0 Å². The van der Waals surface area contributed by atoms with Gasteiger partial charge in [-0.15, -0.1) is 0 Å². The maximum atomic E-state index is 6.03. The molecule has 1 aromatic heterocycles. The van der Waals surface area contributed by atoms with E-state index in [1.165, 1.54) is 5.56 Å². The third kappa shape index (κ3) is 1.36. The Balaban J connectivity index is 2.44. The van der Waals surface area contributed by atoms with Crippen LogP contribution in [0.5, 0.6) is 0 Å². The molecule has 1 aliphatic rings. The smallest absolute Gasteiger partial charge is 0.145 e. The molecule has 2 N–H and O–H groups in total. The highest BCUT2D eigenvalue weighted by atomic mass is 16.5. The molecule has 0 amide bonds. The summed E-state index contributed by atoms with van der Waals surface area (Å²) in [5.74, 6) is 1.31. The van der Waals surface area contributed by atoms with Crippen molar-refractivity contribution in [1.82, 2.24) is 5.16 Å². The van der Waals surface area contributed by atoms with Gasteiger partial charge in [0.25, 0.3) is 0 Å². The minimum absolute atomic E-state index is 0.122. The quantitative estimate of drug-likeness (QED) is 0.744. The predicted molar refractivity (Wildman–Crippen MR) is 55.0 cm³/mol. The average Bonchev–Trinajstić information content (AvgIpc) is 2.48. The van der Waals surface area contributed by atoms with Crippen LogP contribution in [0.25, 0.3) is 0 Å². The van der Waals surface area contributed by atoms with E-state index in [2.05, 4.69) is 19.0 Å². The molecule has 1 aliphatic carbocycles. The number of nitrogens with zero attached hydrogens (tertiary/aromatic N) is 1. The summed E-state index contributed by atoms with van der Waals surface area (Å²) in [6.07, 6.45) is 4.06. The molecule has 14 heavy (non-hydrogen) atoms. The summed E-state index contributed by atoms with van der Waals surface area (Å²) in [7, 11) is 0. The van der Waals surface area contributed by atoms with Gasteiger partial charge in [0, 0.05) is 17.5 Å². The summed E-state index contributed by atoms with van der Waals surface area (Å²) in [4.78, 5) is 0. The fourth-order valence-electron chi connectivity index (χ4n) is 2.63. The van der Waals surface area contributed by atoms with Crippen LogP contribution < -0.4 is 5.73 Å². The Morgan fingerprint density at radius 1 is 1.64 bits per heavy atom. The highest BCUT2D eigenvalue weighted by molar-refractivity contribution is 5.25. The Morgan fingerprint density at radius 2 is 2.36 bits per heavy atom. The molecule has 0 saturated carbocycles. The Bertz CT molecular complexity index is 328. The fraction of sp³-hybridized carbons (Fsp3) is 0.727. The SMILES string of the molecule is CC(N)C1c2oncc2CCC1(C)C. The predicted octanol–water partition coefficient (Wildman–Crippen LogP) is 2.08. The minimum atomic E-state index is 0.122. The van der Waals surface area contributed by atoms with E-state index in [4.69, 9.17) is 10.3 Å². The van der Waals surface area contributed by atoms with Crippen molar-refractivity contribution in [3.8, 4) is 0 Å². The van der Waals surface area contributed by atoms with Crippen molar-refractivity contribution in [2.75, 3.05) is 0 Å². The van der Waals surface area contributed by atoms with E-state index in [-0.39, 0.29) is 11.5 Å². The first kappa shape index (κ1) is 9.71. The number of aromatic nitrogens is 1. The highest BCUT2D eigenvalue weighted by Gasteiger charge is 2.40. The topological polar surface area (TPSA) is 52.0 Å². The van der Waals surface area contributed by atoms with Crippen LogP contribution in [-0.4, -0.2) is 11.2 Å². The third-order valence-corrected chi connectivity index (χ3v) is 3.36. The number of fused-ring (bicyclic) bond motifs is 1. The van der Waals surface area contributed by atoms with Gasteiger partial charge in [0.2, 0.25) is 0 Å². The molecule has 78 valence electrons. The molecule has 0 spiro atoms. The first-order chi connectivity index (χ1) is 6.52. The number of hydrogen-bond acceptors (Lipinski definition) is 3. The van der Waals surface area contributed by atoms with Crippen molar-refractivity contribution in [3.63, 3.8) is 0 Å². The van der Waals surface area contributed by atoms with E-state index in [1.807, 2.05) is 13.1 Å². The Morgan fingerprint density at radius 3 is 3.00 bits per heavy atom. The van der Waals surface area contributed by atoms with Gasteiger partial charge in [0.1, 0.15) is 5.76 Å². The van der Waals surface area contributed by atoms with Gasteiger partial charge < -0.3 is 10.3 Å². The average molecular weight is 194 g/mol. The highest BCUT2D eigenvalue weighted by Crippen LogP contribution is 2.46. The van der Waals surface area contributed by atoms with Crippen LogP contribution in [0.3, 0.4) is 0 Å². The molecule has 1 aromatic rings.